The number of hydrazine groups is 1. The van der Waals surface area contributed by atoms with Crippen molar-refractivity contribution in [2.24, 2.45) is 0 Å². The van der Waals surface area contributed by atoms with Crippen molar-refractivity contribution in [1.29, 1.82) is 0 Å². The Kier molecular flexibility index (Phi) is 6.22. The third-order valence-corrected chi connectivity index (χ3v) is 4.99. The Labute approximate surface area is 193 Å². The zero-order valence-electron chi connectivity index (χ0n) is 17.9. The van der Waals surface area contributed by atoms with Gasteiger partial charge >= 0.3 is 5.69 Å². The van der Waals surface area contributed by atoms with E-state index < -0.39 is 28.2 Å². The van der Waals surface area contributed by atoms with E-state index in [1.807, 2.05) is 0 Å². The van der Waals surface area contributed by atoms with E-state index in [9.17, 15) is 24.1 Å². The van der Waals surface area contributed by atoms with Crippen LogP contribution in [0, 0.1) is 15.9 Å². The highest BCUT2D eigenvalue weighted by molar-refractivity contribution is 6.31. The number of nitro benzene ring substituents is 1. The lowest BCUT2D eigenvalue weighted by molar-refractivity contribution is -0.386. The Balaban J connectivity index is 1.66. The first kappa shape index (κ1) is 22.5. The summed E-state index contributed by atoms with van der Waals surface area (Å²) in [7, 11) is 1.31. The molecule has 34 heavy (non-hydrogen) atoms. The smallest absolute Gasteiger partial charge is 0.315 e. The van der Waals surface area contributed by atoms with Crippen molar-refractivity contribution in [3.05, 3.63) is 99.4 Å². The maximum absolute atomic E-state index is 13.1. The third-order valence-electron chi connectivity index (χ3n) is 4.99. The van der Waals surface area contributed by atoms with Crippen LogP contribution in [0.25, 0.3) is 6.08 Å². The molecule has 10 heteroatoms. The normalized spacial score (nSPS) is 14.3. The molecule has 0 unspecified atom stereocenters. The zero-order valence-corrected chi connectivity index (χ0v) is 17.9. The number of ether oxygens (including phenoxy) is 2. The number of amides is 2. The lowest BCUT2D eigenvalue weighted by Crippen LogP contribution is -2.35. The van der Waals surface area contributed by atoms with E-state index in [-0.39, 0.29) is 29.2 Å². The van der Waals surface area contributed by atoms with Gasteiger partial charge in [0.15, 0.2) is 5.75 Å². The molecular weight excluding hydrogens is 445 g/mol. The van der Waals surface area contributed by atoms with E-state index in [2.05, 4.69) is 5.43 Å². The molecule has 0 spiro atoms. The van der Waals surface area contributed by atoms with E-state index >= 15 is 0 Å². The minimum absolute atomic E-state index is 0.0360. The highest BCUT2D eigenvalue weighted by atomic mass is 19.1. The molecule has 1 aliphatic heterocycles. The lowest BCUT2D eigenvalue weighted by atomic mass is 10.1. The summed E-state index contributed by atoms with van der Waals surface area (Å²) in [5.74, 6) is -1.76. The topological polar surface area (TPSA) is 111 Å². The van der Waals surface area contributed by atoms with Gasteiger partial charge in [0.1, 0.15) is 18.0 Å². The van der Waals surface area contributed by atoms with Crippen LogP contribution in [0.5, 0.6) is 11.5 Å². The van der Waals surface area contributed by atoms with Gasteiger partial charge in [-0.1, -0.05) is 30.3 Å². The lowest BCUT2D eigenvalue weighted by Gasteiger charge is -2.14. The summed E-state index contributed by atoms with van der Waals surface area (Å²) in [6.45, 7) is -0.0646. The molecule has 9 nitrogen and oxygen atoms in total. The predicted molar refractivity (Wildman–Crippen MR) is 120 cm³/mol. The van der Waals surface area contributed by atoms with Crippen LogP contribution in [-0.2, 0) is 16.2 Å². The molecule has 0 bridgehead atoms. The number of nitrogens with zero attached hydrogens (tertiary/aromatic N) is 2. The van der Waals surface area contributed by atoms with Crippen LogP contribution in [0.3, 0.4) is 0 Å². The van der Waals surface area contributed by atoms with Gasteiger partial charge in [0.05, 0.1) is 17.7 Å². The summed E-state index contributed by atoms with van der Waals surface area (Å²) < 4.78 is 24.0. The van der Waals surface area contributed by atoms with E-state index in [1.165, 1.54) is 49.6 Å². The molecule has 172 valence electrons. The molecule has 1 heterocycles. The second kappa shape index (κ2) is 9.41. The van der Waals surface area contributed by atoms with Crippen molar-refractivity contribution >= 4 is 29.3 Å². The second-order valence-corrected chi connectivity index (χ2v) is 7.22. The van der Waals surface area contributed by atoms with Gasteiger partial charge < -0.3 is 9.47 Å². The van der Waals surface area contributed by atoms with Crippen molar-refractivity contribution in [3.63, 3.8) is 0 Å². The van der Waals surface area contributed by atoms with Crippen LogP contribution in [0.1, 0.15) is 11.1 Å². The highest BCUT2D eigenvalue weighted by Gasteiger charge is 2.34. The van der Waals surface area contributed by atoms with Crippen LogP contribution in [0.15, 0.2) is 72.3 Å². The van der Waals surface area contributed by atoms with Gasteiger partial charge in [-0.25, -0.2) is 9.40 Å². The number of hydrogen-bond donors (Lipinski definition) is 1. The van der Waals surface area contributed by atoms with Crippen molar-refractivity contribution in [2.45, 2.75) is 6.61 Å². The van der Waals surface area contributed by atoms with E-state index in [1.54, 1.807) is 30.3 Å². The molecule has 2 amide bonds. The molecule has 1 aliphatic rings. The number of rotatable bonds is 7. The van der Waals surface area contributed by atoms with Gasteiger partial charge in [0.25, 0.3) is 11.8 Å². The number of nitro groups is 1. The van der Waals surface area contributed by atoms with Gasteiger partial charge in [-0.05, 0) is 47.5 Å². The van der Waals surface area contributed by atoms with E-state index in [4.69, 9.17) is 9.47 Å². The average molecular weight is 463 g/mol. The Morgan fingerprint density at radius 1 is 1.09 bits per heavy atom. The Morgan fingerprint density at radius 2 is 1.79 bits per heavy atom. The van der Waals surface area contributed by atoms with Crippen LogP contribution in [0.2, 0.25) is 0 Å². The van der Waals surface area contributed by atoms with Crippen molar-refractivity contribution in [2.75, 3.05) is 12.1 Å². The number of para-hydroxylation sites is 1. The number of carbonyl (C=O) groups is 2. The Hall–Kier alpha value is -4.73. The minimum Gasteiger partial charge on any atom is -0.493 e. The zero-order chi connectivity index (χ0) is 24.2. The fourth-order valence-electron chi connectivity index (χ4n) is 3.34. The van der Waals surface area contributed by atoms with Crippen LogP contribution in [-0.4, -0.2) is 23.8 Å². The van der Waals surface area contributed by atoms with Gasteiger partial charge in [-0.15, -0.1) is 0 Å². The van der Waals surface area contributed by atoms with Crippen LogP contribution in [0.4, 0.5) is 15.8 Å². The van der Waals surface area contributed by atoms with Gasteiger partial charge in [-0.3, -0.25) is 25.1 Å². The molecule has 0 aliphatic carbocycles. The Bertz CT molecular complexity index is 1290. The number of hydrogen-bond acceptors (Lipinski definition) is 6. The van der Waals surface area contributed by atoms with Crippen molar-refractivity contribution in [3.8, 4) is 11.5 Å². The van der Waals surface area contributed by atoms with Gasteiger partial charge in [0, 0.05) is 6.07 Å². The highest BCUT2D eigenvalue weighted by Crippen LogP contribution is 2.39. The summed E-state index contributed by atoms with van der Waals surface area (Å²) in [6.07, 6.45) is 1.25. The first-order valence-electron chi connectivity index (χ1n) is 10.0. The molecule has 4 rings (SSSR count). The van der Waals surface area contributed by atoms with Crippen LogP contribution >= 0.6 is 0 Å². The van der Waals surface area contributed by atoms with Crippen molar-refractivity contribution in [1.82, 2.24) is 5.43 Å². The Morgan fingerprint density at radius 3 is 2.44 bits per heavy atom. The molecule has 0 saturated carbocycles. The molecular formula is C24H18FN3O6. The number of benzene rings is 3. The van der Waals surface area contributed by atoms with Gasteiger partial charge in [-0.2, -0.15) is 0 Å². The number of carbonyl (C=O) groups excluding carboxylic acids is 2. The molecule has 0 atom stereocenters. The molecule has 0 radical (unpaired) electrons. The molecule has 3 aromatic carbocycles. The van der Waals surface area contributed by atoms with E-state index in [0.29, 0.717) is 11.3 Å². The number of methoxy groups -OCH3 is 1. The first-order valence-corrected chi connectivity index (χ1v) is 10.0. The third kappa shape index (κ3) is 4.56. The summed E-state index contributed by atoms with van der Waals surface area (Å²) in [5, 5.41) is 12.8. The summed E-state index contributed by atoms with van der Waals surface area (Å²) in [4.78, 5) is 36.3. The SMILES string of the molecule is COc1cc(C=C2C(=O)NN(c3ccccc3)C2=O)cc([N+](=O)[O-])c1OCc1ccc(F)cc1. The standard InChI is InChI=1S/C24H18FN3O6/c1-33-21-13-16(11-19-23(29)26-27(24(19)30)18-5-3-2-4-6-18)12-20(28(31)32)22(21)34-14-15-7-9-17(25)10-8-15/h2-13H,14H2,1H3,(H,26,29). The summed E-state index contributed by atoms with van der Waals surface area (Å²) in [6, 6.07) is 16.6. The molecule has 3 aromatic rings. The minimum atomic E-state index is -0.655. The fraction of sp³-hybridized carbons (Fsp3) is 0.0833. The number of nitrogens with one attached hydrogen (secondary N) is 1. The average Bonchev–Trinajstić information content (AvgIpc) is 3.12. The van der Waals surface area contributed by atoms with E-state index in [0.717, 1.165) is 5.01 Å². The monoisotopic (exact) mass is 463 g/mol. The largest absolute Gasteiger partial charge is 0.493 e. The summed E-state index contributed by atoms with van der Waals surface area (Å²) >= 11 is 0. The number of anilines is 1. The van der Waals surface area contributed by atoms with Crippen LogP contribution < -0.4 is 19.9 Å². The molecule has 1 fully saturated rings. The maximum Gasteiger partial charge on any atom is 0.315 e. The second-order valence-electron chi connectivity index (χ2n) is 7.22. The fourth-order valence-corrected chi connectivity index (χ4v) is 3.34. The van der Waals surface area contributed by atoms with Gasteiger partial charge in [0.2, 0.25) is 5.75 Å². The number of halogens is 1. The predicted octanol–water partition coefficient (Wildman–Crippen LogP) is 3.78. The summed E-state index contributed by atoms with van der Waals surface area (Å²) in [5.41, 5.74) is 3.12. The van der Waals surface area contributed by atoms with Crippen molar-refractivity contribution < 1.29 is 28.4 Å². The molecule has 0 aromatic heterocycles. The quantitative estimate of drug-likeness (QED) is 0.247. The molecule has 1 saturated heterocycles. The maximum atomic E-state index is 13.1. The molecule has 1 N–H and O–H groups in total. The first-order chi connectivity index (χ1) is 16.4.